The van der Waals surface area contributed by atoms with Gasteiger partial charge in [0.15, 0.2) is 5.79 Å². The van der Waals surface area contributed by atoms with Gasteiger partial charge in [0.05, 0.1) is 6.10 Å². The molecule has 2 unspecified atom stereocenters. The number of carbonyl (C=O) groups excluding carboxylic acids is 1. The minimum absolute atomic E-state index is 0.0209. The Kier molecular flexibility index (Phi) is 5.18. The van der Waals surface area contributed by atoms with E-state index in [2.05, 4.69) is 5.32 Å². The molecule has 112 valence electrons. The third-order valence-corrected chi connectivity index (χ3v) is 2.55. The Balaban J connectivity index is 2.44. The molecule has 0 radical (unpaired) electrons. The topological polar surface area (TPSA) is 77.0 Å². The van der Waals surface area contributed by atoms with Crippen LogP contribution in [0, 0.1) is 0 Å². The van der Waals surface area contributed by atoms with Crippen LogP contribution in [0.2, 0.25) is 0 Å². The van der Waals surface area contributed by atoms with Gasteiger partial charge in [-0.1, -0.05) is 0 Å². The maximum Gasteiger partial charge on any atom is 0.407 e. The molecule has 0 aliphatic carbocycles. The monoisotopic (exact) mass is 275 g/mol. The third-order valence-electron chi connectivity index (χ3n) is 2.55. The molecule has 1 aliphatic heterocycles. The number of amides is 1. The van der Waals surface area contributed by atoms with Gasteiger partial charge in [0.1, 0.15) is 11.7 Å². The zero-order valence-electron chi connectivity index (χ0n) is 12.4. The van der Waals surface area contributed by atoms with E-state index in [-0.39, 0.29) is 18.8 Å². The smallest absolute Gasteiger partial charge is 0.407 e. The van der Waals surface area contributed by atoms with Crippen LogP contribution in [0.25, 0.3) is 0 Å². The Morgan fingerprint density at radius 3 is 2.42 bits per heavy atom. The van der Waals surface area contributed by atoms with Crippen LogP contribution in [0.15, 0.2) is 0 Å². The zero-order valence-corrected chi connectivity index (χ0v) is 12.4. The van der Waals surface area contributed by atoms with Crippen molar-refractivity contribution in [2.24, 2.45) is 0 Å². The lowest BCUT2D eigenvalue weighted by atomic mass is 10.1. The highest BCUT2D eigenvalue weighted by Crippen LogP contribution is 2.29. The van der Waals surface area contributed by atoms with Crippen molar-refractivity contribution in [1.82, 2.24) is 5.32 Å². The molecule has 2 N–H and O–H groups in total. The SMILES string of the molecule is CC(C)(C)OC(=O)NCC1OC(C)(C)OC1CCO. The molecule has 0 aromatic rings. The van der Waals surface area contributed by atoms with E-state index in [1.54, 1.807) is 20.8 Å². The lowest BCUT2D eigenvalue weighted by molar-refractivity contribution is -0.146. The summed E-state index contributed by atoms with van der Waals surface area (Å²) in [7, 11) is 0. The number of alkyl carbamates (subject to hydrolysis) is 1. The van der Waals surface area contributed by atoms with Gasteiger partial charge >= 0.3 is 6.09 Å². The Morgan fingerprint density at radius 2 is 1.89 bits per heavy atom. The van der Waals surface area contributed by atoms with E-state index in [0.29, 0.717) is 13.0 Å². The van der Waals surface area contributed by atoms with Crippen molar-refractivity contribution in [3.05, 3.63) is 0 Å². The van der Waals surface area contributed by atoms with Gasteiger partial charge in [0, 0.05) is 13.2 Å². The molecule has 0 spiro atoms. The summed E-state index contributed by atoms with van der Waals surface area (Å²) < 4.78 is 16.5. The van der Waals surface area contributed by atoms with Gasteiger partial charge in [-0.05, 0) is 41.0 Å². The van der Waals surface area contributed by atoms with Crippen LogP contribution < -0.4 is 5.32 Å². The highest BCUT2D eigenvalue weighted by molar-refractivity contribution is 5.67. The van der Waals surface area contributed by atoms with Crippen molar-refractivity contribution < 1.29 is 24.1 Å². The molecule has 0 saturated carbocycles. The number of aliphatic hydroxyl groups excluding tert-OH is 1. The largest absolute Gasteiger partial charge is 0.444 e. The van der Waals surface area contributed by atoms with E-state index in [9.17, 15) is 4.79 Å². The molecular formula is C13H25NO5. The quantitative estimate of drug-likeness (QED) is 0.811. The first kappa shape index (κ1) is 16.2. The summed E-state index contributed by atoms with van der Waals surface area (Å²) in [6.07, 6.45) is -0.516. The first-order valence-electron chi connectivity index (χ1n) is 6.56. The van der Waals surface area contributed by atoms with Crippen LogP contribution in [-0.4, -0.2) is 47.9 Å². The van der Waals surface area contributed by atoms with E-state index < -0.39 is 17.5 Å². The minimum atomic E-state index is -0.694. The normalized spacial score (nSPS) is 26.2. The Morgan fingerprint density at radius 1 is 1.32 bits per heavy atom. The maximum atomic E-state index is 11.6. The number of rotatable bonds is 4. The van der Waals surface area contributed by atoms with Gasteiger partial charge in [0.2, 0.25) is 0 Å². The van der Waals surface area contributed by atoms with E-state index in [1.807, 2.05) is 13.8 Å². The molecule has 1 rings (SSSR count). The molecule has 0 aromatic carbocycles. The highest BCUT2D eigenvalue weighted by Gasteiger charge is 2.40. The second-order valence-electron chi connectivity index (χ2n) is 6.11. The molecule has 19 heavy (non-hydrogen) atoms. The standard InChI is InChI=1S/C13H25NO5/c1-12(2,3)19-11(16)14-8-10-9(6-7-15)17-13(4,5)18-10/h9-10,15H,6-8H2,1-5H3,(H,14,16). The van der Waals surface area contributed by atoms with Crippen molar-refractivity contribution in [2.75, 3.05) is 13.2 Å². The molecule has 6 heteroatoms. The Bertz CT molecular complexity index is 311. The summed E-state index contributed by atoms with van der Waals surface area (Å²) >= 11 is 0. The van der Waals surface area contributed by atoms with Crippen molar-refractivity contribution in [1.29, 1.82) is 0 Å². The second kappa shape index (κ2) is 6.07. The second-order valence-corrected chi connectivity index (χ2v) is 6.11. The number of hydrogen-bond acceptors (Lipinski definition) is 5. The van der Waals surface area contributed by atoms with E-state index in [1.165, 1.54) is 0 Å². The molecule has 6 nitrogen and oxygen atoms in total. The van der Waals surface area contributed by atoms with Crippen molar-refractivity contribution >= 4 is 6.09 Å². The van der Waals surface area contributed by atoms with Crippen LogP contribution >= 0.6 is 0 Å². The van der Waals surface area contributed by atoms with Crippen LogP contribution in [0.3, 0.4) is 0 Å². The molecule has 1 amide bonds. The predicted molar refractivity (Wildman–Crippen MR) is 69.8 cm³/mol. The molecule has 0 bridgehead atoms. The molecule has 1 saturated heterocycles. The predicted octanol–water partition coefficient (Wildman–Crippen LogP) is 1.41. The lowest BCUT2D eigenvalue weighted by Gasteiger charge is -2.21. The van der Waals surface area contributed by atoms with Gasteiger partial charge in [-0.3, -0.25) is 0 Å². The number of nitrogens with one attached hydrogen (secondary N) is 1. The number of carbonyl (C=O) groups is 1. The Labute approximate surface area is 114 Å². The number of hydrogen-bond donors (Lipinski definition) is 2. The number of ether oxygens (including phenoxy) is 3. The summed E-state index contributed by atoms with van der Waals surface area (Å²) in [5, 5.41) is 11.7. The van der Waals surface area contributed by atoms with Crippen LogP contribution in [-0.2, 0) is 14.2 Å². The molecular weight excluding hydrogens is 250 g/mol. The average Bonchev–Trinajstić information content (AvgIpc) is 2.48. The van der Waals surface area contributed by atoms with Gasteiger partial charge in [-0.25, -0.2) is 4.79 Å². The highest BCUT2D eigenvalue weighted by atomic mass is 16.8. The molecule has 2 atom stereocenters. The van der Waals surface area contributed by atoms with Gasteiger partial charge in [-0.15, -0.1) is 0 Å². The maximum absolute atomic E-state index is 11.6. The van der Waals surface area contributed by atoms with E-state index in [4.69, 9.17) is 19.3 Å². The molecule has 0 aromatic heterocycles. The average molecular weight is 275 g/mol. The first-order valence-corrected chi connectivity index (χ1v) is 6.56. The first-order chi connectivity index (χ1) is 8.63. The van der Waals surface area contributed by atoms with Crippen LogP contribution in [0.5, 0.6) is 0 Å². The third kappa shape index (κ3) is 5.76. The van der Waals surface area contributed by atoms with Crippen molar-refractivity contribution in [3.63, 3.8) is 0 Å². The number of aliphatic hydroxyl groups is 1. The summed E-state index contributed by atoms with van der Waals surface area (Å²) in [5.41, 5.74) is -0.527. The summed E-state index contributed by atoms with van der Waals surface area (Å²) in [6.45, 7) is 9.35. The summed E-state index contributed by atoms with van der Waals surface area (Å²) in [5.74, 6) is -0.694. The van der Waals surface area contributed by atoms with Gasteiger partial charge < -0.3 is 24.6 Å². The van der Waals surface area contributed by atoms with E-state index in [0.717, 1.165) is 0 Å². The van der Waals surface area contributed by atoms with Crippen molar-refractivity contribution in [3.8, 4) is 0 Å². The zero-order chi connectivity index (χ0) is 14.7. The summed E-state index contributed by atoms with van der Waals surface area (Å²) in [6, 6.07) is 0. The van der Waals surface area contributed by atoms with E-state index >= 15 is 0 Å². The fourth-order valence-electron chi connectivity index (χ4n) is 1.95. The van der Waals surface area contributed by atoms with Crippen LogP contribution in [0.1, 0.15) is 41.0 Å². The lowest BCUT2D eigenvalue weighted by Crippen LogP contribution is -2.40. The molecule has 1 heterocycles. The fraction of sp³-hybridized carbons (Fsp3) is 0.923. The molecule has 1 fully saturated rings. The minimum Gasteiger partial charge on any atom is -0.444 e. The van der Waals surface area contributed by atoms with Gasteiger partial charge in [0.25, 0.3) is 0 Å². The van der Waals surface area contributed by atoms with Gasteiger partial charge in [-0.2, -0.15) is 0 Å². The van der Waals surface area contributed by atoms with Crippen molar-refractivity contribution in [2.45, 2.75) is 64.6 Å². The molecule has 1 aliphatic rings. The fourth-order valence-corrected chi connectivity index (χ4v) is 1.95. The summed E-state index contributed by atoms with van der Waals surface area (Å²) in [4.78, 5) is 11.6. The van der Waals surface area contributed by atoms with Crippen LogP contribution in [0.4, 0.5) is 4.79 Å². The Hall–Kier alpha value is -0.850.